The average Bonchev–Trinajstić information content (AvgIpc) is 2.38. The van der Waals surface area contributed by atoms with Crippen LogP contribution in [0.25, 0.3) is 0 Å². The van der Waals surface area contributed by atoms with Crippen LogP contribution in [-0.4, -0.2) is 4.92 Å². The van der Waals surface area contributed by atoms with Crippen LogP contribution in [-0.2, 0) is 11.8 Å². The van der Waals surface area contributed by atoms with Gasteiger partial charge in [0.2, 0.25) is 0 Å². The van der Waals surface area contributed by atoms with Crippen molar-refractivity contribution >= 4 is 5.69 Å². The van der Waals surface area contributed by atoms with Gasteiger partial charge >= 0.3 is 0 Å². The number of nitro benzene ring substituents is 1. The molecule has 0 aliphatic heterocycles. The molecule has 3 nitrogen and oxygen atoms in total. The predicted octanol–water partition coefficient (Wildman–Crippen LogP) is 3.82. The molecule has 1 aliphatic rings. The molecule has 3 rings (SSSR count). The molecule has 2 aromatic carbocycles. The van der Waals surface area contributed by atoms with Gasteiger partial charge in [-0.3, -0.25) is 10.1 Å². The maximum Gasteiger partial charge on any atom is 0.273 e. The second kappa shape index (κ2) is 3.92. The van der Waals surface area contributed by atoms with E-state index in [1.165, 1.54) is 11.1 Å². The summed E-state index contributed by atoms with van der Waals surface area (Å²) < 4.78 is 0. The molecule has 0 saturated carbocycles. The third-order valence-electron chi connectivity index (χ3n) is 4.08. The van der Waals surface area contributed by atoms with Crippen LogP contribution in [0.15, 0.2) is 42.5 Å². The average molecular weight is 253 g/mol. The second-order valence-corrected chi connectivity index (χ2v) is 5.52. The van der Waals surface area contributed by atoms with Gasteiger partial charge in [-0.25, -0.2) is 0 Å². The Morgan fingerprint density at radius 1 is 1.05 bits per heavy atom. The fourth-order valence-corrected chi connectivity index (χ4v) is 3.14. The number of fused-ring (bicyclic) bond motifs is 2. The Morgan fingerprint density at radius 2 is 1.74 bits per heavy atom. The molecule has 0 amide bonds. The van der Waals surface area contributed by atoms with Crippen LogP contribution >= 0.6 is 0 Å². The summed E-state index contributed by atoms with van der Waals surface area (Å²) in [6.07, 6.45) is 0.645. The van der Waals surface area contributed by atoms with Crippen molar-refractivity contribution in [3.63, 3.8) is 0 Å². The minimum absolute atomic E-state index is 0.184. The van der Waals surface area contributed by atoms with Crippen molar-refractivity contribution in [3.05, 3.63) is 74.8 Å². The lowest BCUT2D eigenvalue weighted by Crippen LogP contribution is -2.27. The number of hydrogen-bond acceptors (Lipinski definition) is 2. The smallest absolute Gasteiger partial charge is 0.258 e. The first kappa shape index (κ1) is 11.9. The number of nitrogens with zero attached hydrogens (tertiary/aromatic N) is 1. The lowest BCUT2D eigenvalue weighted by Gasteiger charge is -2.34. The Kier molecular flexibility index (Phi) is 2.45. The first-order valence-electron chi connectivity index (χ1n) is 6.37. The summed E-state index contributed by atoms with van der Waals surface area (Å²) in [6.45, 7) is 4.26. The van der Waals surface area contributed by atoms with Gasteiger partial charge in [0, 0.05) is 23.5 Å². The zero-order valence-electron chi connectivity index (χ0n) is 11.0. The summed E-state index contributed by atoms with van der Waals surface area (Å²) in [7, 11) is 0. The largest absolute Gasteiger partial charge is 0.273 e. The molecule has 0 aromatic heterocycles. The first-order valence-corrected chi connectivity index (χ1v) is 6.37. The molecule has 0 bridgehead atoms. The van der Waals surface area contributed by atoms with Crippen LogP contribution < -0.4 is 0 Å². The van der Waals surface area contributed by atoms with Crippen LogP contribution in [0.2, 0.25) is 0 Å². The molecule has 3 heteroatoms. The monoisotopic (exact) mass is 253 g/mol. The fourth-order valence-electron chi connectivity index (χ4n) is 3.14. The van der Waals surface area contributed by atoms with E-state index in [1.807, 2.05) is 18.2 Å². The Morgan fingerprint density at radius 3 is 2.47 bits per heavy atom. The van der Waals surface area contributed by atoms with E-state index in [1.54, 1.807) is 12.1 Å². The van der Waals surface area contributed by atoms with Crippen LogP contribution in [0.1, 0.15) is 36.1 Å². The highest BCUT2D eigenvalue weighted by Crippen LogP contribution is 2.43. The molecule has 0 fully saturated rings. The van der Waals surface area contributed by atoms with E-state index in [2.05, 4.69) is 26.0 Å². The van der Waals surface area contributed by atoms with Gasteiger partial charge in [-0.2, -0.15) is 0 Å². The van der Waals surface area contributed by atoms with Crippen molar-refractivity contribution in [2.24, 2.45) is 0 Å². The standard InChI is InChI=1S/C16H15NO2/c1-16(2)13-7-4-3-6-11(13)10-12-14(16)8-5-9-15(12)17(18)19/h3-9H,10H2,1-2H3. The topological polar surface area (TPSA) is 43.1 Å². The summed E-state index contributed by atoms with van der Waals surface area (Å²) in [6, 6.07) is 13.6. The molecule has 0 spiro atoms. The van der Waals surface area contributed by atoms with Gasteiger partial charge in [0.1, 0.15) is 0 Å². The Balaban J connectivity index is 2.30. The second-order valence-electron chi connectivity index (χ2n) is 5.52. The fraction of sp³-hybridized carbons (Fsp3) is 0.250. The zero-order chi connectivity index (χ0) is 13.6. The molecule has 0 radical (unpaired) electrons. The normalized spacial score (nSPS) is 15.5. The molecule has 0 heterocycles. The van der Waals surface area contributed by atoms with Gasteiger partial charge in [0.05, 0.1) is 4.92 Å². The van der Waals surface area contributed by atoms with Crippen LogP contribution in [0.4, 0.5) is 5.69 Å². The predicted molar refractivity (Wildman–Crippen MR) is 74.5 cm³/mol. The molecule has 0 unspecified atom stereocenters. The maximum atomic E-state index is 11.2. The van der Waals surface area contributed by atoms with Crippen LogP contribution in [0, 0.1) is 10.1 Å². The van der Waals surface area contributed by atoms with Crippen LogP contribution in [0.5, 0.6) is 0 Å². The van der Waals surface area contributed by atoms with E-state index in [9.17, 15) is 10.1 Å². The number of rotatable bonds is 1. The van der Waals surface area contributed by atoms with Crippen molar-refractivity contribution in [1.29, 1.82) is 0 Å². The van der Waals surface area contributed by atoms with Crippen molar-refractivity contribution in [1.82, 2.24) is 0 Å². The summed E-state index contributed by atoms with van der Waals surface area (Å²) in [5.41, 5.74) is 4.44. The number of hydrogen-bond donors (Lipinski definition) is 0. The van der Waals surface area contributed by atoms with Crippen molar-refractivity contribution in [3.8, 4) is 0 Å². The van der Waals surface area contributed by atoms with Gasteiger partial charge in [-0.05, 0) is 16.7 Å². The van der Waals surface area contributed by atoms with E-state index < -0.39 is 0 Å². The van der Waals surface area contributed by atoms with Gasteiger partial charge < -0.3 is 0 Å². The van der Waals surface area contributed by atoms with Crippen LogP contribution in [0.3, 0.4) is 0 Å². The molecule has 19 heavy (non-hydrogen) atoms. The Labute approximate surface area is 112 Å². The highest BCUT2D eigenvalue weighted by molar-refractivity contribution is 5.58. The number of nitro groups is 1. The lowest BCUT2D eigenvalue weighted by molar-refractivity contribution is -0.385. The highest BCUT2D eigenvalue weighted by Gasteiger charge is 2.35. The van der Waals surface area contributed by atoms with Crippen molar-refractivity contribution in [2.45, 2.75) is 25.7 Å². The van der Waals surface area contributed by atoms with Gasteiger partial charge in [-0.1, -0.05) is 50.2 Å². The van der Waals surface area contributed by atoms with Crippen molar-refractivity contribution < 1.29 is 4.92 Å². The van der Waals surface area contributed by atoms with E-state index in [0.717, 1.165) is 11.1 Å². The van der Waals surface area contributed by atoms with Crippen molar-refractivity contribution in [2.75, 3.05) is 0 Å². The van der Waals surface area contributed by atoms with Gasteiger partial charge in [0.15, 0.2) is 0 Å². The molecule has 1 aliphatic carbocycles. The molecular formula is C16H15NO2. The maximum absolute atomic E-state index is 11.2. The van der Waals surface area contributed by atoms with E-state index in [0.29, 0.717) is 6.42 Å². The minimum Gasteiger partial charge on any atom is -0.258 e. The quantitative estimate of drug-likeness (QED) is 0.572. The SMILES string of the molecule is CC1(C)c2ccccc2Cc2c([N+](=O)[O-])cccc21. The zero-order valence-corrected chi connectivity index (χ0v) is 11.0. The number of benzene rings is 2. The Bertz CT molecular complexity index is 674. The summed E-state index contributed by atoms with van der Waals surface area (Å²) in [5, 5.41) is 11.2. The summed E-state index contributed by atoms with van der Waals surface area (Å²) >= 11 is 0. The molecule has 96 valence electrons. The first-order chi connectivity index (χ1) is 9.01. The van der Waals surface area contributed by atoms with Gasteiger partial charge in [0.25, 0.3) is 5.69 Å². The van der Waals surface area contributed by atoms with E-state index in [4.69, 9.17) is 0 Å². The molecule has 0 saturated heterocycles. The third-order valence-corrected chi connectivity index (χ3v) is 4.08. The van der Waals surface area contributed by atoms with E-state index in [-0.39, 0.29) is 16.0 Å². The lowest BCUT2D eigenvalue weighted by atomic mass is 9.69. The Hall–Kier alpha value is -2.16. The summed E-state index contributed by atoms with van der Waals surface area (Å²) in [5.74, 6) is 0. The molecule has 0 atom stereocenters. The van der Waals surface area contributed by atoms with E-state index >= 15 is 0 Å². The third kappa shape index (κ3) is 1.65. The molecular weight excluding hydrogens is 238 g/mol. The summed E-state index contributed by atoms with van der Waals surface area (Å²) in [4.78, 5) is 10.9. The molecule has 2 aromatic rings. The van der Waals surface area contributed by atoms with Gasteiger partial charge in [-0.15, -0.1) is 0 Å². The minimum atomic E-state index is -0.275. The molecule has 0 N–H and O–H groups in total. The highest BCUT2D eigenvalue weighted by atomic mass is 16.6.